The maximum Gasteiger partial charge on any atom is 0.328 e. The first-order valence-corrected chi connectivity index (χ1v) is 8.30. The minimum atomic E-state index is -0.754. The minimum absolute atomic E-state index is 0.0924. The molecule has 0 aliphatic heterocycles. The monoisotopic (exact) mass is 344 g/mol. The van der Waals surface area contributed by atoms with E-state index in [4.69, 9.17) is 4.74 Å². The lowest BCUT2D eigenvalue weighted by molar-refractivity contribution is -0.144. The number of hydrogen-bond donors (Lipinski definition) is 1. The van der Waals surface area contributed by atoms with Crippen LogP contribution in [0.3, 0.4) is 0 Å². The maximum atomic E-state index is 12.8. The molecule has 6 nitrogen and oxygen atoms in total. The first kappa shape index (κ1) is 18.7. The van der Waals surface area contributed by atoms with Crippen LogP contribution in [0.1, 0.15) is 44.1 Å². The Morgan fingerprint density at radius 2 is 1.68 bits per heavy atom. The zero-order valence-corrected chi connectivity index (χ0v) is 15.2. The molecule has 1 atom stereocenters. The van der Waals surface area contributed by atoms with Gasteiger partial charge in [0.1, 0.15) is 6.04 Å². The number of fused-ring (bicyclic) bond motifs is 1. The number of amides is 1. The molecule has 25 heavy (non-hydrogen) atoms. The summed E-state index contributed by atoms with van der Waals surface area (Å²) in [4.78, 5) is 37.4. The number of rotatable bonds is 5. The van der Waals surface area contributed by atoms with Crippen LogP contribution in [-0.2, 0) is 9.53 Å². The first-order valence-electron chi connectivity index (χ1n) is 8.30. The van der Waals surface area contributed by atoms with Crippen LogP contribution < -0.4 is 10.9 Å². The van der Waals surface area contributed by atoms with Crippen LogP contribution in [0.2, 0.25) is 0 Å². The van der Waals surface area contributed by atoms with Crippen molar-refractivity contribution in [1.82, 2.24) is 9.88 Å². The van der Waals surface area contributed by atoms with Crippen molar-refractivity contribution in [2.75, 3.05) is 7.11 Å². The van der Waals surface area contributed by atoms with E-state index in [0.29, 0.717) is 16.3 Å². The summed E-state index contributed by atoms with van der Waals surface area (Å²) in [6.45, 7) is 7.41. The molecule has 0 fully saturated rings. The van der Waals surface area contributed by atoms with Crippen molar-refractivity contribution >= 4 is 22.6 Å². The van der Waals surface area contributed by atoms with Crippen molar-refractivity contribution in [3.63, 3.8) is 0 Å². The number of benzene rings is 1. The molecule has 0 saturated heterocycles. The number of aromatic nitrogens is 1. The van der Waals surface area contributed by atoms with Gasteiger partial charge in [0.2, 0.25) is 0 Å². The zero-order chi connectivity index (χ0) is 18.7. The highest BCUT2D eigenvalue weighted by Crippen LogP contribution is 2.18. The van der Waals surface area contributed by atoms with E-state index in [1.54, 1.807) is 30.5 Å². The van der Waals surface area contributed by atoms with Gasteiger partial charge in [0.25, 0.3) is 11.5 Å². The lowest BCUT2D eigenvalue weighted by Crippen LogP contribution is -2.45. The molecule has 134 valence electrons. The predicted octanol–water partition coefficient (Wildman–Crippen LogP) is 2.51. The number of methoxy groups -OCH3 is 1. The Hall–Kier alpha value is -2.63. The van der Waals surface area contributed by atoms with Gasteiger partial charge < -0.3 is 14.6 Å². The molecule has 0 saturated carbocycles. The van der Waals surface area contributed by atoms with Crippen LogP contribution >= 0.6 is 0 Å². The Kier molecular flexibility index (Phi) is 5.62. The molecule has 1 aromatic carbocycles. The van der Waals surface area contributed by atoms with Gasteiger partial charge >= 0.3 is 5.97 Å². The molecule has 0 aliphatic carbocycles. The van der Waals surface area contributed by atoms with Crippen LogP contribution in [-0.4, -0.2) is 29.6 Å². The highest BCUT2D eigenvalue weighted by Gasteiger charge is 2.26. The average Bonchev–Trinajstić information content (AvgIpc) is 2.58. The Balaban J connectivity index is 2.56. The number of carbonyl (C=O) groups excluding carboxylic acids is 2. The standard InChI is InChI=1S/C19H24N2O4/c1-11(2)16(19(24)25-5)20-17(22)15-10-21(12(3)4)18(23)14-9-7-6-8-13(14)15/h6-12,16H,1-5H3,(H,20,22)/t16-/m1/s1. The Bertz CT molecular complexity index is 852. The van der Waals surface area contributed by atoms with E-state index in [9.17, 15) is 14.4 Å². The van der Waals surface area contributed by atoms with Crippen molar-refractivity contribution in [3.8, 4) is 0 Å². The molecule has 0 unspecified atom stereocenters. The largest absolute Gasteiger partial charge is 0.467 e. The van der Waals surface area contributed by atoms with Crippen LogP contribution in [0, 0.1) is 5.92 Å². The number of pyridine rings is 1. The fourth-order valence-electron chi connectivity index (χ4n) is 2.72. The van der Waals surface area contributed by atoms with Gasteiger partial charge in [-0.15, -0.1) is 0 Å². The van der Waals surface area contributed by atoms with Gasteiger partial charge in [-0.3, -0.25) is 9.59 Å². The van der Waals surface area contributed by atoms with E-state index in [-0.39, 0.29) is 17.5 Å². The number of nitrogens with one attached hydrogen (secondary N) is 1. The van der Waals surface area contributed by atoms with E-state index in [1.165, 1.54) is 11.7 Å². The quantitative estimate of drug-likeness (QED) is 0.846. The molecule has 2 aromatic rings. The second kappa shape index (κ2) is 7.51. The average molecular weight is 344 g/mol. The van der Waals surface area contributed by atoms with Crippen LogP contribution in [0.15, 0.2) is 35.3 Å². The minimum Gasteiger partial charge on any atom is -0.467 e. The normalized spacial score (nSPS) is 12.4. The van der Waals surface area contributed by atoms with Gasteiger partial charge in [-0.25, -0.2) is 4.79 Å². The molecule has 0 radical (unpaired) electrons. The van der Waals surface area contributed by atoms with Gasteiger partial charge in [-0.2, -0.15) is 0 Å². The van der Waals surface area contributed by atoms with Crippen molar-refractivity contribution in [3.05, 3.63) is 46.4 Å². The summed E-state index contributed by atoms with van der Waals surface area (Å²) < 4.78 is 6.30. The second-order valence-corrected chi connectivity index (χ2v) is 6.61. The van der Waals surface area contributed by atoms with E-state index < -0.39 is 17.9 Å². The number of nitrogens with zero attached hydrogens (tertiary/aromatic N) is 1. The lowest BCUT2D eigenvalue weighted by Gasteiger charge is -2.21. The second-order valence-electron chi connectivity index (χ2n) is 6.61. The molecule has 6 heteroatoms. The Labute approximate surface area is 146 Å². The number of carbonyl (C=O) groups is 2. The third-order valence-corrected chi connectivity index (χ3v) is 4.16. The molecule has 0 bridgehead atoms. The number of esters is 1. The summed E-state index contributed by atoms with van der Waals surface area (Å²) >= 11 is 0. The molecule has 2 rings (SSSR count). The molecular weight excluding hydrogens is 320 g/mol. The number of ether oxygens (including phenoxy) is 1. The third kappa shape index (κ3) is 3.73. The highest BCUT2D eigenvalue weighted by atomic mass is 16.5. The maximum absolute atomic E-state index is 12.8. The molecule has 0 aliphatic rings. The summed E-state index contributed by atoms with van der Waals surface area (Å²) in [6, 6.07) is 6.13. The van der Waals surface area contributed by atoms with E-state index in [2.05, 4.69) is 5.32 Å². The molecule has 0 spiro atoms. The fraction of sp³-hybridized carbons (Fsp3) is 0.421. The Morgan fingerprint density at radius 3 is 2.20 bits per heavy atom. The van der Waals surface area contributed by atoms with Gasteiger partial charge in [0, 0.05) is 23.0 Å². The van der Waals surface area contributed by atoms with Crippen molar-refractivity contribution in [1.29, 1.82) is 0 Å². The third-order valence-electron chi connectivity index (χ3n) is 4.16. The summed E-state index contributed by atoms with van der Waals surface area (Å²) in [7, 11) is 1.29. The van der Waals surface area contributed by atoms with E-state index >= 15 is 0 Å². The highest BCUT2D eigenvalue weighted by molar-refractivity contribution is 6.07. The molecule has 1 amide bonds. The Morgan fingerprint density at radius 1 is 1.08 bits per heavy atom. The van der Waals surface area contributed by atoms with E-state index in [0.717, 1.165) is 0 Å². The SMILES string of the molecule is COC(=O)[C@H](NC(=O)c1cn(C(C)C)c(=O)c2ccccc12)C(C)C. The summed E-state index contributed by atoms with van der Waals surface area (Å²) in [5.41, 5.74) is 0.217. The van der Waals surface area contributed by atoms with Crippen LogP contribution in [0.5, 0.6) is 0 Å². The fourth-order valence-corrected chi connectivity index (χ4v) is 2.72. The van der Waals surface area contributed by atoms with Gasteiger partial charge in [0.05, 0.1) is 12.7 Å². The summed E-state index contributed by atoms with van der Waals surface area (Å²) in [6.07, 6.45) is 1.55. The van der Waals surface area contributed by atoms with Gasteiger partial charge in [-0.05, 0) is 25.8 Å². The van der Waals surface area contributed by atoms with Gasteiger partial charge in [-0.1, -0.05) is 32.0 Å². The van der Waals surface area contributed by atoms with Gasteiger partial charge in [0.15, 0.2) is 0 Å². The molecule has 1 N–H and O–H groups in total. The van der Waals surface area contributed by atoms with Crippen LogP contribution in [0.4, 0.5) is 0 Å². The van der Waals surface area contributed by atoms with Crippen molar-refractivity contribution < 1.29 is 14.3 Å². The molecule has 1 aromatic heterocycles. The van der Waals surface area contributed by atoms with E-state index in [1.807, 2.05) is 27.7 Å². The lowest BCUT2D eigenvalue weighted by atomic mass is 10.0. The smallest absolute Gasteiger partial charge is 0.328 e. The molecule has 1 heterocycles. The molecular formula is C19H24N2O4. The number of hydrogen-bond acceptors (Lipinski definition) is 4. The van der Waals surface area contributed by atoms with Crippen molar-refractivity contribution in [2.24, 2.45) is 5.92 Å². The van der Waals surface area contributed by atoms with Crippen LogP contribution in [0.25, 0.3) is 10.8 Å². The summed E-state index contributed by atoms with van der Waals surface area (Å²) in [5, 5.41) is 3.77. The predicted molar refractivity (Wildman–Crippen MR) is 96.7 cm³/mol. The summed E-state index contributed by atoms with van der Waals surface area (Å²) in [5.74, 6) is -1.03. The van der Waals surface area contributed by atoms with Crippen molar-refractivity contribution in [2.45, 2.75) is 39.8 Å². The topological polar surface area (TPSA) is 77.4 Å². The zero-order valence-electron chi connectivity index (χ0n) is 15.2. The first-order chi connectivity index (χ1) is 11.8.